The molecule has 0 radical (unpaired) electrons. The van der Waals surface area contributed by atoms with Crippen LogP contribution in [-0.4, -0.2) is 62.1 Å². The van der Waals surface area contributed by atoms with Crippen LogP contribution in [0.2, 0.25) is 0 Å². The normalized spacial score (nSPS) is 13.8. The van der Waals surface area contributed by atoms with Gasteiger partial charge in [-0.05, 0) is 30.3 Å². The summed E-state index contributed by atoms with van der Waals surface area (Å²) in [6.45, 7) is 1.76. The third kappa shape index (κ3) is 5.16. The van der Waals surface area contributed by atoms with Gasteiger partial charge in [0.1, 0.15) is 17.3 Å². The monoisotopic (exact) mass is 401 g/mol. The fourth-order valence-electron chi connectivity index (χ4n) is 3.17. The van der Waals surface area contributed by atoms with Crippen LogP contribution in [0.5, 0.6) is 11.5 Å². The lowest BCUT2D eigenvalue weighted by atomic mass is 10.1. The maximum absolute atomic E-state index is 13.0. The number of piperazine rings is 1. The summed E-state index contributed by atoms with van der Waals surface area (Å²) in [7, 11) is 3.13. The molecule has 1 aliphatic rings. The number of rotatable bonds is 5. The smallest absolute Gasteiger partial charge is 0.321 e. The lowest BCUT2D eigenvalue weighted by Crippen LogP contribution is -2.52. The zero-order valence-corrected chi connectivity index (χ0v) is 16.5. The summed E-state index contributed by atoms with van der Waals surface area (Å²) in [4.78, 5) is 28.4. The van der Waals surface area contributed by atoms with Crippen molar-refractivity contribution < 1.29 is 23.5 Å². The summed E-state index contributed by atoms with van der Waals surface area (Å²) in [6.07, 6.45) is 0.217. The van der Waals surface area contributed by atoms with Crippen LogP contribution in [0.4, 0.5) is 14.9 Å². The van der Waals surface area contributed by atoms with E-state index in [1.54, 1.807) is 36.2 Å². The quantitative estimate of drug-likeness (QED) is 0.836. The lowest BCUT2D eigenvalue weighted by molar-refractivity contribution is -0.131. The molecule has 0 spiro atoms. The van der Waals surface area contributed by atoms with Crippen LogP contribution >= 0.6 is 0 Å². The molecule has 1 N–H and O–H groups in total. The van der Waals surface area contributed by atoms with Crippen molar-refractivity contribution in [2.24, 2.45) is 0 Å². The molecule has 3 rings (SSSR count). The zero-order valence-electron chi connectivity index (χ0n) is 16.5. The molecule has 0 aliphatic carbocycles. The predicted molar refractivity (Wildman–Crippen MR) is 107 cm³/mol. The maximum Gasteiger partial charge on any atom is 0.321 e. The first-order chi connectivity index (χ1) is 14.0. The van der Waals surface area contributed by atoms with E-state index in [2.05, 4.69) is 5.32 Å². The van der Waals surface area contributed by atoms with E-state index >= 15 is 0 Å². The first-order valence-electron chi connectivity index (χ1n) is 9.30. The number of hydrogen-bond acceptors (Lipinski definition) is 4. The van der Waals surface area contributed by atoms with Gasteiger partial charge in [-0.25, -0.2) is 9.18 Å². The number of benzene rings is 2. The van der Waals surface area contributed by atoms with Crippen molar-refractivity contribution in [3.05, 3.63) is 53.8 Å². The van der Waals surface area contributed by atoms with Crippen LogP contribution in [0, 0.1) is 5.82 Å². The van der Waals surface area contributed by atoms with Crippen LogP contribution in [0.1, 0.15) is 5.56 Å². The number of amides is 3. The molecule has 2 aromatic carbocycles. The van der Waals surface area contributed by atoms with E-state index in [-0.39, 0.29) is 24.2 Å². The largest absolute Gasteiger partial charge is 0.497 e. The standard InChI is InChI=1S/C21H24FN3O4/c1-28-18-8-3-15(19(14-18)29-2)13-20(26)24-9-11-25(12-10-24)21(27)23-17-6-4-16(22)5-7-17/h3-8,14H,9-13H2,1-2H3,(H,23,27). The SMILES string of the molecule is COc1ccc(CC(=O)N2CCN(C(=O)Nc3ccc(F)cc3)CC2)c(OC)c1. The predicted octanol–water partition coefficient (Wildman–Crippen LogP) is 2.76. The number of ether oxygens (including phenoxy) is 2. The highest BCUT2D eigenvalue weighted by Crippen LogP contribution is 2.25. The highest BCUT2D eigenvalue weighted by Gasteiger charge is 2.25. The lowest BCUT2D eigenvalue weighted by Gasteiger charge is -2.34. The average Bonchev–Trinajstić information content (AvgIpc) is 2.75. The van der Waals surface area contributed by atoms with Gasteiger partial charge in [-0.15, -0.1) is 0 Å². The molecule has 0 bridgehead atoms. The van der Waals surface area contributed by atoms with Crippen molar-refractivity contribution in [3.8, 4) is 11.5 Å². The maximum atomic E-state index is 13.0. The van der Waals surface area contributed by atoms with Crippen LogP contribution in [0.3, 0.4) is 0 Å². The number of halogens is 1. The van der Waals surface area contributed by atoms with Gasteiger partial charge in [-0.3, -0.25) is 4.79 Å². The number of methoxy groups -OCH3 is 2. The molecular formula is C21H24FN3O4. The Balaban J connectivity index is 1.53. The molecule has 0 aromatic heterocycles. The molecule has 1 heterocycles. The van der Waals surface area contributed by atoms with E-state index in [4.69, 9.17) is 9.47 Å². The Labute approximate surface area is 169 Å². The van der Waals surface area contributed by atoms with E-state index in [9.17, 15) is 14.0 Å². The fraction of sp³-hybridized carbons (Fsp3) is 0.333. The number of urea groups is 1. The van der Waals surface area contributed by atoms with E-state index < -0.39 is 0 Å². The topological polar surface area (TPSA) is 71.1 Å². The number of carbonyl (C=O) groups is 2. The van der Waals surface area contributed by atoms with Gasteiger partial charge in [0.15, 0.2) is 0 Å². The molecule has 29 heavy (non-hydrogen) atoms. The Hall–Kier alpha value is -3.29. The number of carbonyl (C=O) groups excluding carboxylic acids is 2. The minimum absolute atomic E-state index is 0.0212. The highest BCUT2D eigenvalue weighted by atomic mass is 19.1. The molecule has 1 fully saturated rings. The number of hydrogen-bond donors (Lipinski definition) is 1. The van der Waals surface area contributed by atoms with Crippen molar-refractivity contribution in [3.63, 3.8) is 0 Å². The van der Waals surface area contributed by atoms with Gasteiger partial charge in [0.25, 0.3) is 0 Å². The molecule has 1 aliphatic heterocycles. The second kappa shape index (κ2) is 9.27. The Morgan fingerprint density at radius 3 is 2.24 bits per heavy atom. The molecule has 154 valence electrons. The van der Waals surface area contributed by atoms with Crippen molar-refractivity contribution in [1.29, 1.82) is 0 Å². The Morgan fingerprint density at radius 2 is 1.62 bits per heavy atom. The summed E-state index contributed by atoms with van der Waals surface area (Å²) in [5, 5.41) is 2.74. The van der Waals surface area contributed by atoms with Gasteiger partial charge < -0.3 is 24.6 Å². The molecule has 1 saturated heterocycles. The Kier molecular flexibility index (Phi) is 6.54. The third-order valence-corrected chi connectivity index (χ3v) is 4.85. The summed E-state index contributed by atoms with van der Waals surface area (Å²) in [6, 6.07) is 10.7. The Bertz CT molecular complexity index is 865. The van der Waals surface area contributed by atoms with Crippen molar-refractivity contribution in [2.75, 3.05) is 45.7 Å². The summed E-state index contributed by atoms with van der Waals surface area (Å²) >= 11 is 0. The Morgan fingerprint density at radius 1 is 0.966 bits per heavy atom. The first-order valence-corrected chi connectivity index (χ1v) is 9.30. The number of nitrogens with one attached hydrogen (secondary N) is 1. The summed E-state index contributed by atoms with van der Waals surface area (Å²) in [5.41, 5.74) is 1.32. The molecule has 8 heteroatoms. The third-order valence-electron chi connectivity index (χ3n) is 4.85. The van der Waals surface area contributed by atoms with Crippen LogP contribution < -0.4 is 14.8 Å². The van der Waals surface area contributed by atoms with E-state index in [0.29, 0.717) is 43.4 Å². The molecule has 0 atom stereocenters. The molecule has 0 unspecified atom stereocenters. The van der Waals surface area contributed by atoms with Crippen molar-refractivity contribution in [1.82, 2.24) is 9.80 Å². The van der Waals surface area contributed by atoms with Crippen molar-refractivity contribution >= 4 is 17.6 Å². The van der Waals surface area contributed by atoms with Crippen LogP contribution in [-0.2, 0) is 11.2 Å². The fourth-order valence-corrected chi connectivity index (χ4v) is 3.17. The van der Waals surface area contributed by atoms with Gasteiger partial charge in [-0.2, -0.15) is 0 Å². The minimum Gasteiger partial charge on any atom is -0.497 e. The van der Waals surface area contributed by atoms with Gasteiger partial charge in [0, 0.05) is 43.5 Å². The second-order valence-corrected chi connectivity index (χ2v) is 6.66. The van der Waals surface area contributed by atoms with Gasteiger partial charge in [-0.1, -0.05) is 6.07 Å². The van der Waals surface area contributed by atoms with Gasteiger partial charge >= 0.3 is 6.03 Å². The van der Waals surface area contributed by atoms with E-state index in [1.165, 1.54) is 24.3 Å². The number of nitrogens with zero attached hydrogens (tertiary/aromatic N) is 2. The van der Waals surface area contributed by atoms with Crippen molar-refractivity contribution in [2.45, 2.75) is 6.42 Å². The minimum atomic E-state index is -0.358. The zero-order chi connectivity index (χ0) is 20.8. The van der Waals surface area contributed by atoms with Gasteiger partial charge in [0.05, 0.1) is 20.6 Å². The molecule has 0 saturated carbocycles. The van der Waals surface area contributed by atoms with Gasteiger partial charge in [0.2, 0.25) is 5.91 Å². The van der Waals surface area contributed by atoms with Crippen LogP contribution in [0.25, 0.3) is 0 Å². The molecule has 7 nitrogen and oxygen atoms in total. The average molecular weight is 401 g/mol. The van der Waals surface area contributed by atoms with E-state index in [0.717, 1.165) is 5.56 Å². The number of anilines is 1. The second-order valence-electron chi connectivity index (χ2n) is 6.66. The molecular weight excluding hydrogens is 377 g/mol. The summed E-state index contributed by atoms with van der Waals surface area (Å²) in [5.74, 6) is 0.893. The van der Waals surface area contributed by atoms with E-state index in [1.807, 2.05) is 6.07 Å². The molecule has 3 amide bonds. The van der Waals surface area contributed by atoms with Crippen LogP contribution in [0.15, 0.2) is 42.5 Å². The molecule has 2 aromatic rings. The summed E-state index contributed by atoms with van der Waals surface area (Å²) < 4.78 is 23.5. The highest BCUT2D eigenvalue weighted by molar-refractivity contribution is 5.89. The first kappa shape index (κ1) is 20.4.